The monoisotopic (exact) mass is 363 g/mol. The lowest BCUT2D eigenvalue weighted by Crippen LogP contribution is -2.42. The van der Waals surface area contributed by atoms with Crippen LogP contribution in [-0.4, -0.2) is 25.8 Å². The van der Waals surface area contributed by atoms with Gasteiger partial charge in [-0.2, -0.15) is 4.31 Å². The third-order valence-corrected chi connectivity index (χ3v) is 6.72. The minimum Gasteiger partial charge on any atom is -0.207 e. The lowest BCUT2D eigenvalue weighted by molar-refractivity contribution is 0.168. The Bertz CT molecular complexity index is 595. The van der Waals surface area contributed by atoms with Crippen LogP contribution in [0.1, 0.15) is 33.1 Å². The molecule has 1 fully saturated rings. The molecule has 0 amide bonds. The molecule has 6 heteroatoms. The molecule has 0 N–H and O–H groups in total. The highest BCUT2D eigenvalue weighted by Crippen LogP contribution is 2.36. The molecule has 0 atom stereocenters. The topological polar surface area (TPSA) is 37.4 Å². The number of benzene rings is 1. The second-order valence-corrected chi connectivity index (χ2v) is 8.47. The second kappa shape index (κ2) is 5.73. The molecule has 0 spiro atoms. The fourth-order valence-electron chi connectivity index (χ4n) is 2.44. The molecule has 1 aromatic rings. The molecule has 1 saturated heterocycles. The molecule has 112 valence electrons. The standard InChI is InChI=1S/C14H19BrFNO2S/c1-3-14(2)6-8-17(9-7-14)20(18,19)13-5-4-11(15)10-12(13)16/h4-5,10H,3,6-9H2,1-2H3. The molecule has 1 aliphatic heterocycles. The highest BCUT2D eigenvalue weighted by molar-refractivity contribution is 9.10. The van der Waals surface area contributed by atoms with Crippen LogP contribution in [0.25, 0.3) is 0 Å². The summed E-state index contributed by atoms with van der Waals surface area (Å²) in [5, 5.41) is 0. The number of halogens is 2. The molecule has 0 aliphatic carbocycles. The van der Waals surface area contributed by atoms with Crippen molar-refractivity contribution < 1.29 is 12.8 Å². The van der Waals surface area contributed by atoms with Crippen molar-refractivity contribution >= 4 is 26.0 Å². The van der Waals surface area contributed by atoms with E-state index < -0.39 is 15.8 Å². The van der Waals surface area contributed by atoms with Gasteiger partial charge in [-0.25, -0.2) is 12.8 Å². The van der Waals surface area contributed by atoms with Crippen LogP contribution in [0.5, 0.6) is 0 Å². The zero-order valence-electron chi connectivity index (χ0n) is 11.7. The molecule has 0 unspecified atom stereocenters. The Kier molecular flexibility index (Phi) is 4.56. The average Bonchev–Trinajstić information content (AvgIpc) is 2.39. The van der Waals surface area contributed by atoms with Crippen molar-refractivity contribution in [3.8, 4) is 0 Å². The van der Waals surface area contributed by atoms with Crippen LogP contribution in [0.15, 0.2) is 27.6 Å². The Hall–Kier alpha value is -0.460. The van der Waals surface area contributed by atoms with Gasteiger partial charge in [0.25, 0.3) is 0 Å². The Morgan fingerprint density at radius 3 is 2.45 bits per heavy atom. The largest absolute Gasteiger partial charge is 0.245 e. The molecule has 3 nitrogen and oxygen atoms in total. The lowest BCUT2D eigenvalue weighted by Gasteiger charge is -2.38. The second-order valence-electron chi connectivity index (χ2n) is 5.64. The quantitative estimate of drug-likeness (QED) is 0.819. The number of sulfonamides is 1. The van der Waals surface area contributed by atoms with Gasteiger partial charge in [0.05, 0.1) is 0 Å². The van der Waals surface area contributed by atoms with Crippen molar-refractivity contribution in [1.82, 2.24) is 4.31 Å². The third kappa shape index (κ3) is 3.07. The Labute approximate surface area is 128 Å². The number of piperidine rings is 1. The smallest absolute Gasteiger partial charge is 0.207 e. The molecule has 1 aromatic carbocycles. The third-order valence-electron chi connectivity index (χ3n) is 4.29. The molecule has 1 heterocycles. The Morgan fingerprint density at radius 1 is 1.35 bits per heavy atom. The Morgan fingerprint density at radius 2 is 1.95 bits per heavy atom. The van der Waals surface area contributed by atoms with Gasteiger partial charge in [-0.15, -0.1) is 0 Å². The van der Waals surface area contributed by atoms with E-state index in [0.29, 0.717) is 17.6 Å². The summed E-state index contributed by atoms with van der Waals surface area (Å²) < 4.78 is 40.8. The van der Waals surface area contributed by atoms with E-state index in [1.807, 2.05) is 0 Å². The highest BCUT2D eigenvalue weighted by Gasteiger charge is 2.35. The number of rotatable bonds is 3. The molecule has 20 heavy (non-hydrogen) atoms. The first kappa shape index (κ1) is 15.9. The van der Waals surface area contributed by atoms with Gasteiger partial charge in [0.1, 0.15) is 10.7 Å². The van der Waals surface area contributed by atoms with Crippen molar-refractivity contribution in [2.75, 3.05) is 13.1 Å². The van der Waals surface area contributed by atoms with E-state index in [1.165, 1.54) is 16.4 Å². The van der Waals surface area contributed by atoms with E-state index in [1.54, 1.807) is 6.07 Å². The van der Waals surface area contributed by atoms with Gasteiger partial charge in [-0.1, -0.05) is 36.2 Å². The van der Waals surface area contributed by atoms with Crippen LogP contribution in [-0.2, 0) is 10.0 Å². The zero-order valence-corrected chi connectivity index (χ0v) is 14.1. The predicted molar refractivity (Wildman–Crippen MR) is 80.5 cm³/mol. The first-order chi connectivity index (χ1) is 9.28. The van der Waals surface area contributed by atoms with Gasteiger partial charge in [0.15, 0.2) is 0 Å². The number of nitrogens with zero attached hydrogens (tertiary/aromatic N) is 1. The normalized spacial score (nSPS) is 20.0. The van der Waals surface area contributed by atoms with Crippen LogP contribution in [0.3, 0.4) is 0 Å². The van der Waals surface area contributed by atoms with E-state index in [9.17, 15) is 12.8 Å². The van der Waals surface area contributed by atoms with Crippen molar-refractivity contribution in [1.29, 1.82) is 0 Å². The maximum absolute atomic E-state index is 13.9. The van der Waals surface area contributed by atoms with Gasteiger partial charge in [0, 0.05) is 17.6 Å². The fraction of sp³-hybridized carbons (Fsp3) is 0.571. The summed E-state index contributed by atoms with van der Waals surface area (Å²) in [4.78, 5) is -0.235. The molecule has 0 saturated carbocycles. The van der Waals surface area contributed by atoms with Gasteiger partial charge < -0.3 is 0 Å². The van der Waals surface area contributed by atoms with E-state index in [0.717, 1.165) is 19.3 Å². The molecule has 2 rings (SSSR count). The predicted octanol–water partition coefficient (Wildman–Crippen LogP) is 3.79. The van der Waals surface area contributed by atoms with Crippen molar-refractivity contribution in [3.63, 3.8) is 0 Å². The summed E-state index contributed by atoms with van der Waals surface area (Å²) in [6, 6.07) is 4.06. The van der Waals surface area contributed by atoms with E-state index in [2.05, 4.69) is 29.8 Å². The maximum atomic E-state index is 13.9. The minimum atomic E-state index is -3.73. The number of hydrogen-bond donors (Lipinski definition) is 0. The van der Waals surface area contributed by atoms with Gasteiger partial charge in [-0.05, 0) is 36.5 Å². The van der Waals surface area contributed by atoms with Gasteiger partial charge in [-0.3, -0.25) is 0 Å². The van der Waals surface area contributed by atoms with E-state index in [4.69, 9.17) is 0 Å². The zero-order chi connectivity index (χ0) is 15.0. The van der Waals surface area contributed by atoms with Gasteiger partial charge >= 0.3 is 0 Å². The molecular formula is C14H19BrFNO2S. The molecule has 0 aromatic heterocycles. The molecule has 1 aliphatic rings. The fourth-order valence-corrected chi connectivity index (χ4v) is 4.26. The summed E-state index contributed by atoms with van der Waals surface area (Å²) in [5.74, 6) is -0.705. The first-order valence-corrected chi connectivity index (χ1v) is 8.97. The summed E-state index contributed by atoms with van der Waals surface area (Å²) in [6.07, 6.45) is 2.68. The van der Waals surface area contributed by atoms with Crippen molar-refractivity contribution in [3.05, 3.63) is 28.5 Å². The SMILES string of the molecule is CCC1(C)CCN(S(=O)(=O)c2ccc(Br)cc2F)CC1. The molecule has 0 bridgehead atoms. The number of hydrogen-bond acceptors (Lipinski definition) is 2. The average molecular weight is 364 g/mol. The van der Waals surface area contributed by atoms with Crippen LogP contribution in [0.2, 0.25) is 0 Å². The first-order valence-electron chi connectivity index (χ1n) is 6.74. The van der Waals surface area contributed by atoms with E-state index in [-0.39, 0.29) is 10.3 Å². The van der Waals surface area contributed by atoms with Crippen LogP contribution in [0.4, 0.5) is 4.39 Å². The van der Waals surface area contributed by atoms with Crippen LogP contribution < -0.4 is 0 Å². The van der Waals surface area contributed by atoms with Crippen LogP contribution >= 0.6 is 15.9 Å². The highest BCUT2D eigenvalue weighted by atomic mass is 79.9. The lowest BCUT2D eigenvalue weighted by atomic mass is 9.79. The maximum Gasteiger partial charge on any atom is 0.245 e. The van der Waals surface area contributed by atoms with Crippen molar-refractivity contribution in [2.45, 2.75) is 38.0 Å². The van der Waals surface area contributed by atoms with Crippen molar-refractivity contribution in [2.24, 2.45) is 5.41 Å². The summed E-state index contributed by atoms with van der Waals surface area (Å²) in [6.45, 7) is 5.22. The Balaban J connectivity index is 2.24. The van der Waals surface area contributed by atoms with E-state index >= 15 is 0 Å². The molecular weight excluding hydrogens is 345 g/mol. The molecule has 0 radical (unpaired) electrons. The summed E-state index contributed by atoms with van der Waals surface area (Å²) in [7, 11) is -3.73. The van der Waals surface area contributed by atoms with Crippen LogP contribution in [0, 0.1) is 11.2 Å². The summed E-state index contributed by atoms with van der Waals surface area (Å²) in [5.41, 5.74) is 0.199. The van der Waals surface area contributed by atoms with Gasteiger partial charge in [0.2, 0.25) is 10.0 Å². The minimum absolute atomic E-state index is 0.199. The summed E-state index contributed by atoms with van der Waals surface area (Å²) >= 11 is 3.13.